The van der Waals surface area contributed by atoms with E-state index in [1.54, 1.807) is 18.2 Å². The van der Waals surface area contributed by atoms with Crippen LogP contribution in [0.25, 0.3) is 0 Å². The maximum absolute atomic E-state index is 12.9. The van der Waals surface area contributed by atoms with E-state index in [-0.39, 0.29) is 17.7 Å². The second-order valence-electron chi connectivity index (χ2n) is 6.69. The fourth-order valence-corrected chi connectivity index (χ4v) is 2.91. The largest absolute Gasteiger partial charge is 0.493 e. The number of azo groups is 1. The van der Waals surface area contributed by atoms with Crippen LogP contribution in [0.4, 0.5) is 30.2 Å². The van der Waals surface area contributed by atoms with Crippen molar-refractivity contribution in [2.75, 3.05) is 0 Å². The van der Waals surface area contributed by atoms with E-state index < -0.39 is 45.2 Å². The standard InChI is InChI=1S/C20H13F3N6O4/c1-11-14(8-24)18(30)28(10-12-3-2-6-25-9-12)19(31)17(11)27-26-15-5-4-13(20(21,22)23)7-16(15)29(32)33/h2-7,9,30H,10H2,1H3. The zero-order chi connectivity index (χ0) is 24.3. The van der Waals surface area contributed by atoms with Crippen LogP contribution in [0.3, 0.4) is 0 Å². The fraction of sp³-hybridized carbons (Fsp3) is 0.150. The number of pyridine rings is 2. The van der Waals surface area contributed by atoms with Crippen LogP contribution < -0.4 is 5.56 Å². The van der Waals surface area contributed by atoms with Gasteiger partial charge in [-0.3, -0.25) is 24.5 Å². The molecular formula is C20H13F3N6O4. The summed E-state index contributed by atoms with van der Waals surface area (Å²) in [6.07, 6.45) is -1.88. The molecule has 0 aliphatic heterocycles. The quantitative estimate of drug-likeness (QED) is 0.338. The first-order valence-corrected chi connectivity index (χ1v) is 9.07. The van der Waals surface area contributed by atoms with Crippen molar-refractivity contribution in [3.05, 3.63) is 85.4 Å². The van der Waals surface area contributed by atoms with E-state index in [0.29, 0.717) is 17.7 Å². The highest BCUT2D eigenvalue weighted by atomic mass is 19.4. The van der Waals surface area contributed by atoms with Crippen molar-refractivity contribution < 1.29 is 23.2 Å². The van der Waals surface area contributed by atoms with Crippen molar-refractivity contribution in [3.8, 4) is 11.9 Å². The van der Waals surface area contributed by atoms with Gasteiger partial charge in [0.15, 0.2) is 11.4 Å². The monoisotopic (exact) mass is 458 g/mol. The minimum atomic E-state index is -4.81. The molecule has 33 heavy (non-hydrogen) atoms. The van der Waals surface area contributed by atoms with Gasteiger partial charge in [-0.15, -0.1) is 10.2 Å². The van der Waals surface area contributed by atoms with Crippen LogP contribution in [0.2, 0.25) is 0 Å². The molecule has 0 unspecified atom stereocenters. The molecule has 0 fully saturated rings. The molecule has 0 spiro atoms. The van der Waals surface area contributed by atoms with Crippen LogP contribution in [0.5, 0.6) is 5.88 Å². The van der Waals surface area contributed by atoms with Crippen molar-refractivity contribution in [3.63, 3.8) is 0 Å². The first-order valence-electron chi connectivity index (χ1n) is 9.07. The van der Waals surface area contributed by atoms with Gasteiger partial charge in [0.2, 0.25) is 5.88 Å². The molecule has 0 saturated carbocycles. The molecule has 0 atom stereocenters. The van der Waals surface area contributed by atoms with Gasteiger partial charge in [-0.05, 0) is 30.7 Å². The lowest BCUT2D eigenvalue weighted by atomic mass is 10.1. The van der Waals surface area contributed by atoms with Gasteiger partial charge >= 0.3 is 6.18 Å². The van der Waals surface area contributed by atoms with Crippen molar-refractivity contribution in [2.24, 2.45) is 10.2 Å². The number of hydrogen-bond donors (Lipinski definition) is 1. The number of aromatic hydroxyl groups is 1. The van der Waals surface area contributed by atoms with Crippen LogP contribution in [0.1, 0.15) is 22.3 Å². The predicted molar refractivity (Wildman–Crippen MR) is 107 cm³/mol. The third-order valence-corrected chi connectivity index (χ3v) is 4.59. The molecule has 3 rings (SSSR count). The number of benzene rings is 1. The number of nitro benzene ring substituents is 1. The Bertz CT molecular complexity index is 1360. The van der Waals surface area contributed by atoms with E-state index in [1.807, 2.05) is 0 Å². The van der Waals surface area contributed by atoms with Gasteiger partial charge in [0.1, 0.15) is 11.6 Å². The Morgan fingerprint density at radius 3 is 2.61 bits per heavy atom. The van der Waals surface area contributed by atoms with Crippen LogP contribution >= 0.6 is 0 Å². The Morgan fingerprint density at radius 2 is 2.03 bits per heavy atom. The summed E-state index contributed by atoms with van der Waals surface area (Å²) < 4.78 is 39.5. The second kappa shape index (κ2) is 8.87. The number of nitro groups is 1. The summed E-state index contributed by atoms with van der Waals surface area (Å²) in [5.41, 5.74) is -3.86. The smallest absolute Gasteiger partial charge is 0.416 e. The Morgan fingerprint density at radius 1 is 1.30 bits per heavy atom. The topological polar surface area (TPSA) is 147 Å². The van der Waals surface area contributed by atoms with Crippen molar-refractivity contribution in [1.29, 1.82) is 5.26 Å². The molecular weight excluding hydrogens is 445 g/mol. The number of nitriles is 1. The maximum Gasteiger partial charge on any atom is 0.416 e. The summed E-state index contributed by atoms with van der Waals surface area (Å²) in [5.74, 6) is -0.622. The Hall–Kier alpha value is -4.60. The number of halogens is 3. The van der Waals surface area contributed by atoms with Gasteiger partial charge in [0.25, 0.3) is 11.2 Å². The summed E-state index contributed by atoms with van der Waals surface area (Å²) in [7, 11) is 0. The van der Waals surface area contributed by atoms with Gasteiger partial charge in [0.05, 0.1) is 17.0 Å². The highest BCUT2D eigenvalue weighted by Gasteiger charge is 2.33. The summed E-state index contributed by atoms with van der Waals surface area (Å²) in [4.78, 5) is 27.0. The zero-order valence-corrected chi connectivity index (χ0v) is 16.7. The second-order valence-corrected chi connectivity index (χ2v) is 6.69. The summed E-state index contributed by atoms with van der Waals surface area (Å²) >= 11 is 0. The molecule has 1 N–H and O–H groups in total. The molecule has 0 saturated heterocycles. The minimum Gasteiger partial charge on any atom is -0.493 e. The van der Waals surface area contributed by atoms with E-state index in [1.165, 1.54) is 19.3 Å². The van der Waals surface area contributed by atoms with Gasteiger partial charge < -0.3 is 5.11 Å². The van der Waals surface area contributed by atoms with Gasteiger partial charge in [-0.25, -0.2) is 0 Å². The van der Waals surface area contributed by atoms with Gasteiger partial charge in [-0.2, -0.15) is 18.4 Å². The number of nitrogens with zero attached hydrogens (tertiary/aromatic N) is 6. The normalized spacial score (nSPS) is 11.5. The lowest BCUT2D eigenvalue weighted by molar-refractivity contribution is -0.384. The van der Waals surface area contributed by atoms with Gasteiger partial charge in [0, 0.05) is 24.0 Å². The van der Waals surface area contributed by atoms with Crippen molar-refractivity contribution in [1.82, 2.24) is 9.55 Å². The number of alkyl halides is 3. The molecule has 10 nitrogen and oxygen atoms in total. The molecule has 0 amide bonds. The van der Waals surface area contributed by atoms with E-state index in [2.05, 4.69) is 15.2 Å². The minimum absolute atomic E-state index is 0.0549. The Kier molecular flexibility index (Phi) is 6.20. The van der Waals surface area contributed by atoms with Crippen molar-refractivity contribution in [2.45, 2.75) is 19.6 Å². The van der Waals surface area contributed by atoms with Crippen LogP contribution in [0.15, 0.2) is 57.7 Å². The third-order valence-electron chi connectivity index (χ3n) is 4.59. The molecule has 168 valence electrons. The number of aromatic nitrogens is 2. The maximum atomic E-state index is 12.9. The molecule has 1 aromatic carbocycles. The first-order chi connectivity index (χ1) is 15.5. The fourth-order valence-electron chi connectivity index (χ4n) is 2.91. The molecule has 2 heterocycles. The number of hydrogen-bond acceptors (Lipinski definition) is 8. The molecule has 0 radical (unpaired) electrons. The van der Waals surface area contributed by atoms with E-state index in [9.17, 15) is 38.4 Å². The van der Waals surface area contributed by atoms with E-state index >= 15 is 0 Å². The lowest BCUT2D eigenvalue weighted by Gasteiger charge is -2.13. The van der Waals surface area contributed by atoms with Crippen molar-refractivity contribution >= 4 is 17.1 Å². The van der Waals surface area contributed by atoms with Crippen LogP contribution in [0, 0.1) is 28.4 Å². The third kappa shape index (κ3) is 4.69. The molecule has 0 aliphatic rings. The van der Waals surface area contributed by atoms with Crippen LogP contribution in [-0.2, 0) is 12.7 Å². The molecule has 0 bridgehead atoms. The Balaban J connectivity index is 2.14. The van der Waals surface area contributed by atoms with Gasteiger partial charge in [-0.1, -0.05) is 6.07 Å². The zero-order valence-electron chi connectivity index (χ0n) is 16.7. The molecule has 13 heteroatoms. The Labute approximate surface area is 183 Å². The average Bonchev–Trinajstić information content (AvgIpc) is 2.77. The summed E-state index contributed by atoms with van der Waals surface area (Å²) in [6, 6.07) is 6.61. The summed E-state index contributed by atoms with van der Waals surface area (Å²) in [5, 5.41) is 38.3. The lowest BCUT2D eigenvalue weighted by Crippen LogP contribution is -2.22. The summed E-state index contributed by atoms with van der Waals surface area (Å²) in [6.45, 7) is 1.14. The SMILES string of the molecule is Cc1c(C#N)c(O)n(Cc2cccnc2)c(=O)c1N=Nc1ccc(C(F)(F)F)cc1[N+](=O)[O-]. The molecule has 0 aliphatic carbocycles. The van der Waals surface area contributed by atoms with E-state index in [4.69, 9.17) is 0 Å². The average molecular weight is 458 g/mol. The van der Waals surface area contributed by atoms with E-state index in [0.717, 1.165) is 10.6 Å². The first kappa shape index (κ1) is 23.1. The molecule has 2 aromatic heterocycles. The van der Waals surface area contributed by atoms with Crippen LogP contribution in [-0.4, -0.2) is 19.6 Å². The highest BCUT2D eigenvalue weighted by molar-refractivity contribution is 5.60. The highest BCUT2D eigenvalue weighted by Crippen LogP contribution is 2.37. The predicted octanol–water partition coefficient (Wildman–Crippen LogP) is 4.52. The number of rotatable bonds is 5. The molecule has 3 aromatic rings.